The summed E-state index contributed by atoms with van der Waals surface area (Å²) in [5.74, 6) is -4.03. The number of rotatable bonds is 9. The van der Waals surface area contributed by atoms with Crippen LogP contribution in [0.3, 0.4) is 0 Å². The van der Waals surface area contributed by atoms with Gasteiger partial charge in [0.1, 0.15) is 18.2 Å². The van der Waals surface area contributed by atoms with E-state index in [1.54, 1.807) is 4.90 Å². The predicted octanol–water partition coefficient (Wildman–Crippen LogP) is 3.69. The van der Waals surface area contributed by atoms with E-state index in [1.165, 1.54) is 13.0 Å². The fraction of sp³-hybridized carbons (Fsp3) is 0.630. The summed E-state index contributed by atoms with van der Waals surface area (Å²) in [7, 11) is 0. The fourth-order valence-electron chi connectivity index (χ4n) is 4.07. The maximum absolute atomic E-state index is 13.9. The van der Waals surface area contributed by atoms with Crippen LogP contribution in [0, 0.1) is 23.0 Å². The van der Waals surface area contributed by atoms with Gasteiger partial charge < -0.3 is 10.2 Å². The number of piperidine rings is 1. The SMILES string of the molecule is C[C@H](CC(=O)N(CC(=O)N1CCCC[C@@H]1C)NC(=O)CCC(C)(C)C)C(=O)NCc1ccc(F)cc1F. The molecule has 1 heterocycles. The minimum absolute atomic E-state index is 0.0475. The van der Waals surface area contributed by atoms with Gasteiger partial charge in [-0.3, -0.25) is 24.6 Å². The summed E-state index contributed by atoms with van der Waals surface area (Å²) in [4.78, 5) is 53.0. The number of hydrogen-bond donors (Lipinski definition) is 2. The molecule has 37 heavy (non-hydrogen) atoms. The van der Waals surface area contributed by atoms with E-state index < -0.39 is 29.4 Å². The smallest absolute Gasteiger partial charge is 0.244 e. The quantitative estimate of drug-likeness (QED) is 0.483. The molecule has 0 aromatic heterocycles. The first-order valence-corrected chi connectivity index (χ1v) is 12.9. The highest BCUT2D eigenvalue weighted by Crippen LogP contribution is 2.21. The topological polar surface area (TPSA) is 98.8 Å². The Hall–Kier alpha value is -3.04. The second-order valence-corrected chi connectivity index (χ2v) is 11.1. The van der Waals surface area contributed by atoms with Crippen molar-refractivity contribution in [3.05, 3.63) is 35.4 Å². The Morgan fingerprint density at radius 3 is 2.49 bits per heavy atom. The number of benzene rings is 1. The summed E-state index contributed by atoms with van der Waals surface area (Å²) in [6.45, 7) is 9.61. The molecule has 0 bridgehead atoms. The lowest BCUT2D eigenvalue weighted by Crippen LogP contribution is -2.54. The fourth-order valence-corrected chi connectivity index (χ4v) is 4.07. The zero-order valence-corrected chi connectivity index (χ0v) is 22.5. The molecule has 4 amide bonds. The van der Waals surface area contributed by atoms with E-state index in [4.69, 9.17) is 0 Å². The van der Waals surface area contributed by atoms with E-state index in [-0.39, 0.29) is 54.8 Å². The standard InChI is InChI=1S/C27H40F2N4O4/c1-18(26(37)30-16-20-9-10-21(28)15-22(20)29)14-24(35)33(31-23(34)11-12-27(3,4)5)17-25(36)32-13-7-6-8-19(32)2/h9-10,15,18-19H,6-8,11-14,16-17H2,1-5H3,(H,30,37)(H,31,34)/t18-,19+/m1/s1. The lowest BCUT2D eigenvalue weighted by atomic mass is 9.90. The molecular formula is C27H40F2N4O4. The van der Waals surface area contributed by atoms with E-state index in [9.17, 15) is 28.0 Å². The molecule has 10 heteroatoms. The van der Waals surface area contributed by atoms with Crippen molar-refractivity contribution in [3.8, 4) is 0 Å². The maximum atomic E-state index is 13.9. The van der Waals surface area contributed by atoms with Crippen molar-refractivity contribution in [2.24, 2.45) is 11.3 Å². The monoisotopic (exact) mass is 522 g/mol. The first kappa shape index (κ1) is 30.2. The third-order valence-electron chi connectivity index (χ3n) is 6.48. The van der Waals surface area contributed by atoms with E-state index >= 15 is 0 Å². The van der Waals surface area contributed by atoms with Gasteiger partial charge in [0.25, 0.3) is 0 Å². The van der Waals surface area contributed by atoms with Gasteiger partial charge in [0, 0.05) is 49.5 Å². The molecule has 206 valence electrons. The van der Waals surface area contributed by atoms with Crippen LogP contribution in [-0.4, -0.2) is 52.7 Å². The van der Waals surface area contributed by atoms with Crippen LogP contribution in [0.5, 0.6) is 0 Å². The van der Waals surface area contributed by atoms with Crippen LogP contribution >= 0.6 is 0 Å². The molecule has 2 atom stereocenters. The number of hydrogen-bond acceptors (Lipinski definition) is 4. The van der Waals surface area contributed by atoms with Gasteiger partial charge in [-0.1, -0.05) is 33.8 Å². The van der Waals surface area contributed by atoms with Crippen molar-refractivity contribution in [1.82, 2.24) is 20.7 Å². The molecular weight excluding hydrogens is 482 g/mol. The highest BCUT2D eigenvalue weighted by atomic mass is 19.1. The molecule has 8 nitrogen and oxygen atoms in total. The Balaban J connectivity index is 2.03. The summed E-state index contributed by atoms with van der Waals surface area (Å²) >= 11 is 0. The Kier molecular flexibility index (Phi) is 11.0. The highest BCUT2D eigenvalue weighted by Gasteiger charge is 2.29. The summed E-state index contributed by atoms with van der Waals surface area (Å²) in [6, 6.07) is 3.11. The second-order valence-electron chi connectivity index (χ2n) is 11.1. The van der Waals surface area contributed by atoms with Crippen molar-refractivity contribution in [1.29, 1.82) is 0 Å². The van der Waals surface area contributed by atoms with Crippen LogP contribution < -0.4 is 10.7 Å². The zero-order chi connectivity index (χ0) is 27.8. The number of hydrazine groups is 1. The van der Waals surface area contributed by atoms with Gasteiger partial charge in [-0.25, -0.2) is 13.8 Å². The van der Waals surface area contributed by atoms with E-state index in [0.29, 0.717) is 13.0 Å². The lowest BCUT2D eigenvalue weighted by Gasteiger charge is -2.35. The number of nitrogens with zero attached hydrogens (tertiary/aromatic N) is 2. The van der Waals surface area contributed by atoms with E-state index in [2.05, 4.69) is 10.7 Å². The van der Waals surface area contributed by atoms with Gasteiger partial charge in [0.2, 0.25) is 23.6 Å². The first-order valence-electron chi connectivity index (χ1n) is 12.9. The Morgan fingerprint density at radius 1 is 1.16 bits per heavy atom. The van der Waals surface area contributed by atoms with Gasteiger partial charge in [-0.15, -0.1) is 0 Å². The zero-order valence-electron chi connectivity index (χ0n) is 22.5. The van der Waals surface area contributed by atoms with Crippen molar-refractivity contribution < 1.29 is 28.0 Å². The van der Waals surface area contributed by atoms with Crippen LogP contribution in [0.4, 0.5) is 8.78 Å². The van der Waals surface area contributed by atoms with E-state index in [1.807, 2.05) is 27.7 Å². The number of carbonyl (C=O) groups excluding carboxylic acids is 4. The molecule has 0 saturated carbocycles. The average Bonchev–Trinajstić information content (AvgIpc) is 2.81. The van der Waals surface area contributed by atoms with Crippen molar-refractivity contribution in [2.45, 2.75) is 85.7 Å². The minimum atomic E-state index is -0.811. The van der Waals surface area contributed by atoms with Gasteiger partial charge in [0.15, 0.2) is 0 Å². The number of likely N-dealkylation sites (tertiary alicyclic amines) is 1. The van der Waals surface area contributed by atoms with Crippen molar-refractivity contribution in [2.75, 3.05) is 13.1 Å². The minimum Gasteiger partial charge on any atom is -0.352 e. The summed E-state index contributed by atoms with van der Waals surface area (Å²) < 4.78 is 26.9. The summed E-state index contributed by atoms with van der Waals surface area (Å²) in [5.41, 5.74) is 2.60. The first-order chi connectivity index (χ1) is 17.3. The molecule has 1 aliphatic rings. The molecule has 1 aliphatic heterocycles. The van der Waals surface area contributed by atoms with Gasteiger partial charge in [0.05, 0.1) is 0 Å². The number of carbonyl (C=O) groups is 4. The Labute approximate surface area is 218 Å². The number of halogens is 2. The van der Waals surface area contributed by atoms with Gasteiger partial charge in [-0.2, -0.15) is 0 Å². The van der Waals surface area contributed by atoms with Crippen molar-refractivity contribution in [3.63, 3.8) is 0 Å². The molecule has 0 radical (unpaired) electrons. The predicted molar refractivity (Wildman–Crippen MR) is 136 cm³/mol. The molecule has 0 spiro atoms. The summed E-state index contributed by atoms with van der Waals surface area (Å²) in [5, 5.41) is 3.56. The maximum Gasteiger partial charge on any atom is 0.244 e. The molecule has 1 aromatic rings. The van der Waals surface area contributed by atoms with E-state index in [0.717, 1.165) is 36.4 Å². The number of nitrogens with one attached hydrogen (secondary N) is 2. The van der Waals surface area contributed by atoms with Crippen molar-refractivity contribution >= 4 is 23.6 Å². The van der Waals surface area contributed by atoms with Crippen LogP contribution in [0.15, 0.2) is 18.2 Å². The highest BCUT2D eigenvalue weighted by molar-refractivity contribution is 5.90. The van der Waals surface area contributed by atoms with Crippen LogP contribution in [0.2, 0.25) is 0 Å². The van der Waals surface area contributed by atoms with Gasteiger partial charge in [-0.05, 0) is 44.1 Å². The average molecular weight is 523 g/mol. The lowest BCUT2D eigenvalue weighted by molar-refractivity contribution is -0.149. The van der Waals surface area contributed by atoms with Crippen LogP contribution in [0.1, 0.15) is 78.7 Å². The molecule has 1 fully saturated rings. The molecule has 1 saturated heterocycles. The van der Waals surface area contributed by atoms with Crippen LogP contribution in [0.25, 0.3) is 0 Å². The normalized spacial score (nSPS) is 16.6. The molecule has 2 rings (SSSR count). The third-order valence-corrected chi connectivity index (χ3v) is 6.48. The number of amides is 4. The summed E-state index contributed by atoms with van der Waals surface area (Å²) in [6.07, 6.45) is 3.31. The van der Waals surface area contributed by atoms with Crippen LogP contribution in [-0.2, 0) is 25.7 Å². The molecule has 0 unspecified atom stereocenters. The third kappa shape index (κ3) is 10.1. The molecule has 0 aliphatic carbocycles. The Bertz CT molecular complexity index is 980. The Morgan fingerprint density at radius 2 is 1.86 bits per heavy atom. The van der Waals surface area contributed by atoms with Gasteiger partial charge >= 0.3 is 0 Å². The largest absolute Gasteiger partial charge is 0.352 e. The molecule has 1 aromatic carbocycles. The second kappa shape index (κ2) is 13.5. The molecule has 2 N–H and O–H groups in total.